The SMILES string of the molecule is CCOC(=O)C1CCCN(Cc2cncc(-c3cc4ccccc4s3)c2)C1. The van der Waals surface area contributed by atoms with Crippen LogP contribution in [0.15, 0.2) is 48.8 Å². The van der Waals surface area contributed by atoms with Crippen molar-refractivity contribution in [2.45, 2.75) is 26.3 Å². The van der Waals surface area contributed by atoms with E-state index in [0.717, 1.165) is 38.0 Å². The Bertz CT molecular complexity index is 904. The molecule has 5 heteroatoms. The lowest BCUT2D eigenvalue weighted by Crippen LogP contribution is -2.38. The predicted octanol–water partition coefficient (Wildman–Crippen LogP) is 4.74. The molecule has 2 aromatic heterocycles. The van der Waals surface area contributed by atoms with Gasteiger partial charge >= 0.3 is 5.97 Å². The van der Waals surface area contributed by atoms with Crippen LogP contribution in [0.5, 0.6) is 0 Å². The number of carbonyl (C=O) groups excluding carboxylic acids is 1. The van der Waals surface area contributed by atoms with E-state index in [1.807, 2.05) is 19.3 Å². The Morgan fingerprint density at radius 2 is 2.19 bits per heavy atom. The van der Waals surface area contributed by atoms with Gasteiger partial charge in [0.25, 0.3) is 0 Å². The van der Waals surface area contributed by atoms with Gasteiger partial charge in [-0.15, -0.1) is 11.3 Å². The number of carbonyl (C=O) groups is 1. The van der Waals surface area contributed by atoms with Crippen molar-refractivity contribution in [3.05, 3.63) is 54.4 Å². The fourth-order valence-electron chi connectivity index (χ4n) is 3.74. The van der Waals surface area contributed by atoms with Gasteiger partial charge in [-0.05, 0) is 55.5 Å². The summed E-state index contributed by atoms with van der Waals surface area (Å²) in [6.07, 6.45) is 5.83. The molecular weight excluding hydrogens is 356 g/mol. The van der Waals surface area contributed by atoms with Crippen molar-refractivity contribution in [1.82, 2.24) is 9.88 Å². The summed E-state index contributed by atoms with van der Waals surface area (Å²) in [5.74, 6) is -0.0585. The second-order valence-electron chi connectivity index (χ2n) is 7.06. The Morgan fingerprint density at radius 3 is 3.04 bits per heavy atom. The summed E-state index contributed by atoms with van der Waals surface area (Å²) in [5.41, 5.74) is 2.35. The lowest BCUT2D eigenvalue weighted by Gasteiger charge is -2.31. The summed E-state index contributed by atoms with van der Waals surface area (Å²) in [6, 6.07) is 12.9. The quantitative estimate of drug-likeness (QED) is 0.600. The smallest absolute Gasteiger partial charge is 0.310 e. The number of ether oxygens (including phenoxy) is 1. The average molecular weight is 381 g/mol. The van der Waals surface area contributed by atoms with E-state index < -0.39 is 0 Å². The van der Waals surface area contributed by atoms with Gasteiger partial charge in [-0.3, -0.25) is 14.7 Å². The molecule has 1 saturated heterocycles. The molecule has 1 fully saturated rings. The highest BCUT2D eigenvalue weighted by molar-refractivity contribution is 7.22. The van der Waals surface area contributed by atoms with E-state index in [1.54, 1.807) is 11.3 Å². The third-order valence-electron chi connectivity index (χ3n) is 5.04. The number of hydrogen-bond donors (Lipinski definition) is 0. The molecular formula is C22H24N2O2S. The van der Waals surface area contributed by atoms with E-state index >= 15 is 0 Å². The van der Waals surface area contributed by atoms with E-state index in [9.17, 15) is 4.79 Å². The van der Waals surface area contributed by atoms with Crippen LogP contribution in [-0.2, 0) is 16.1 Å². The van der Waals surface area contributed by atoms with Gasteiger partial charge in [0, 0.05) is 40.6 Å². The molecule has 140 valence electrons. The summed E-state index contributed by atoms with van der Waals surface area (Å²) in [5, 5.41) is 1.27. The zero-order valence-corrected chi connectivity index (χ0v) is 16.4. The molecule has 0 saturated carbocycles. The third-order valence-corrected chi connectivity index (χ3v) is 6.20. The van der Waals surface area contributed by atoms with E-state index in [-0.39, 0.29) is 11.9 Å². The van der Waals surface area contributed by atoms with Crippen molar-refractivity contribution in [1.29, 1.82) is 0 Å². The molecule has 0 bridgehead atoms. The van der Waals surface area contributed by atoms with Gasteiger partial charge in [0.1, 0.15) is 0 Å². The highest BCUT2D eigenvalue weighted by Crippen LogP contribution is 2.33. The van der Waals surface area contributed by atoms with Crippen LogP contribution in [-0.4, -0.2) is 35.5 Å². The summed E-state index contributed by atoms with van der Waals surface area (Å²) >= 11 is 1.80. The van der Waals surface area contributed by atoms with Crippen molar-refractivity contribution < 1.29 is 9.53 Å². The number of aromatic nitrogens is 1. The maximum absolute atomic E-state index is 12.1. The topological polar surface area (TPSA) is 42.4 Å². The van der Waals surface area contributed by atoms with E-state index in [1.165, 1.54) is 20.5 Å². The number of fused-ring (bicyclic) bond motifs is 1. The molecule has 4 rings (SSSR count). The van der Waals surface area contributed by atoms with Crippen molar-refractivity contribution in [3.8, 4) is 10.4 Å². The molecule has 3 aromatic rings. The van der Waals surface area contributed by atoms with Crippen molar-refractivity contribution in [2.24, 2.45) is 5.92 Å². The maximum Gasteiger partial charge on any atom is 0.310 e. The van der Waals surface area contributed by atoms with Gasteiger partial charge < -0.3 is 4.74 Å². The first kappa shape index (κ1) is 18.1. The van der Waals surface area contributed by atoms with E-state index in [0.29, 0.717) is 6.61 Å². The van der Waals surface area contributed by atoms with Crippen LogP contribution in [0.3, 0.4) is 0 Å². The van der Waals surface area contributed by atoms with Gasteiger partial charge in [0.15, 0.2) is 0 Å². The molecule has 3 heterocycles. The Hall–Kier alpha value is -2.24. The van der Waals surface area contributed by atoms with Crippen LogP contribution < -0.4 is 0 Å². The number of piperidine rings is 1. The van der Waals surface area contributed by atoms with Gasteiger partial charge in [0.05, 0.1) is 12.5 Å². The van der Waals surface area contributed by atoms with Crippen LogP contribution in [0, 0.1) is 5.92 Å². The number of nitrogens with zero attached hydrogens (tertiary/aromatic N) is 2. The second-order valence-corrected chi connectivity index (χ2v) is 8.14. The predicted molar refractivity (Wildman–Crippen MR) is 110 cm³/mol. The third kappa shape index (κ3) is 4.20. The molecule has 27 heavy (non-hydrogen) atoms. The Labute approximate surface area is 163 Å². The lowest BCUT2D eigenvalue weighted by atomic mass is 9.98. The molecule has 1 aromatic carbocycles. The number of benzene rings is 1. The molecule has 1 aliphatic rings. The Kier molecular flexibility index (Phi) is 5.50. The minimum absolute atomic E-state index is 0.00237. The van der Waals surface area contributed by atoms with Gasteiger partial charge in [0.2, 0.25) is 0 Å². The van der Waals surface area contributed by atoms with Crippen LogP contribution >= 0.6 is 11.3 Å². The zero-order chi connectivity index (χ0) is 18.6. The van der Waals surface area contributed by atoms with Gasteiger partial charge in [-0.1, -0.05) is 18.2 Å². The Balaban J connectivity index is 1.48. The fourth-order valence-corrected chi connectivity index (χ4v) is 4.79. The highest BCUT2D eigenvalue weighted by Gasteiger charge is 2.26. The van der Waals surface area contributed by atoms with Crippen LogP contribution in [0.1, 0.15) is 25.3 Å². The molecule has 0 radical (unpaired) electrons. The molecule has 4 nitrogen and oxygen atoms in total. The molecule has 1 unspecified atom stereocenters. The summed E-state index contributed by atoms with van der Waals surface area (Å²) in [4.78, 5) is 20.1. The molecule has 0 spiro atoms. The summed E-state index contributed by atoms with van der Waals surface area (Å²) < 4.78 is 6.51. The standard InChI is InChI=1S/C22H24N2O2S/c1-2-26-22(25)18-7-5-9-24(15-18)14-16-10-19(13-23-12-16)21-11-17-6-3-4-8-20(17)27-21/h3-4,6,8,10-13,18H,2,5,7,9,14-15H2,1H3. The minimum atomic E-state index is -0.0562. The monoisotopic (exact) mass is 380 g/mol. The summed E-state index contributed by atoms with van der Waals surface area (Å²) in [7, 11) is 0. The van der Waals surface area contributed by atoms with Gasteiger partial charge in [-0.25, -0.2) is 0 Å². The molecule has 1 aliphatic heterocycles. The zero-order valence-electron chi connectivity index (χ0n) is 15.6. The number of esters is 1. The molecule has 0 aliphatic carbocycles. The first-order valence-corrected chi connectivity index (χ1v) is 10.4. The largest absolute Gasteiger partial charge is 0.466 e. The van der Waals surface area contributed by atoms with Crippen molar-refractivity contribution in [3.63, 3.8) is 0 Å². The van der Waals surface area contributed by atoms with E-state index in [2.05, 4.69) is 46.3 Å². The van der Waals surface area contributed by atoms with Crippen LogP contribution in [0.4, 0.5) is 0 Å². The lowest BCUT2D eigenvalue weighted by molar-refractivity contribution is -0.150. The first-order chi connectivity index (χ1) is 13.2. The number of rotatable bonds is 5. The minimum Gasteiger partial charge on any atom is -0.466 e. The number of pyridine rings is 1. The Morgan fingerprint density at radius 1 is 1.30 bits per heavy atom. The van der Waals surface area contributed by atoms with Crippen LogP contribution in [0.25, 0.3) is 20.5 Å². The highest BCUT2D eigenvalue weighted by atomic mass is 32.1. The number of hydrogen-bond acceptors (Lipinski definition) is 5. The van der Waals surface area contributed by atoms with E-state index in [4.69, 9.17) is 4.74 Å². The first-order valence-electron chi connectivity index (χ1n) is 9.55. The number of thiophene rings is 1. The van der Waals surface area contributed by atoms with Crippen molar-refractivity contribution in [2.75, 3.05) is 19.7 Å². The summed E-state index contributed by atoms with van der Waals surface area (Å²) in [6.45, 7) is 4.93. The average Bonchev–Trinajstić information content (AvgIpc) is 3.13. The normalized spacial score (nSPS) is 17.9. The molecule has 1 atom stereocenters. The molecule has 0 N–H and O–H groups in total. The number of likely N-dealkylation sites (tertiary alicyclic amines) is 1. The maximum atomic E-state index is 12.1. The van der Waals surface area contributed by atoms with Crippen LogP contribution in [0.2, 0.25) is 0 Å². The fraction of sp³-hybridized carbons (Fsp3) is 0.364. The van der Waals surface area contributed by atoms with Gasteiger partial charge in [-0.2, -0.15) is 0 Å². The van der Waals surface area contributed by atoms with Crippen molar-refractivity contribution >= 4 is 27.4 Å². The molecule has 0 amide bonds. The second kappa shape index (κ2) is 8.19.